The zero-order valence-electron chi connectivity index (χ0n) is 11.4. The summed E-state index contributed by atoms with van der Waals surface area (Å²) in [7, 11) is -3.74. The Kier molecular flexibility index (Phi) is 5.98. The minimum atomic E-state index is -3.74. The summed E-state index contributed by atoms with van der Waals surface area (Å²) in [6.07, 6.45) is 2.27. The van der Waals surface area contributed by atoms with Crippen LogP contribution in [0.25, 0.3) is 0 Å². The van der Waals surface area contributed by atoms with Crippen LogP contribution in [0.2, 0.25) is 5.02 Å². The van der Waals surface area contributed by atoms with E-state index in [0.717, 1.165) is 18.9 Å². The topological polar surface area (TPSA) is 83.5 Å². The van der Waals surface area contributed by atoms with Gasteiger partial charge in [0.25, 0.3) is 0 Å². The first-order valence-corrected chi connectivity index (χ1v) is 8.23. The summed E-state index contributed by atoms with van der Waals surface area (Å²) in [4.78, 5) is 10.9. The first-order valence-electron chi connectivity index (χ1n) is 6.37. The number of benzene rings is 1. The van der Waals surface area contributed by atoms with Gasteiger partial charge in [-0.1, -0.05) is 31.9 Å². The Hall–Kier alpha value is -1.11. The van der Waals surface area contributed by atoms with E-state index >= 15 is 0 Å². The Balaban J connectivity index is 3.09. The van der Waals surface area contributed by atoms with Crippen LogP contribution >= 0.6 is 11.6 Å². The molecular weight excluding hydrogens is 302 g/mol. The summed E-state index contributed by atoms with van der Waals surface area (Å²) < 4.78 is 27.0. The molecule has 0 radical (unpaired) electrons. The number of hydrogen-bond donors (Lipinski definition) is 2. The lowest BCUT2D eigenvalue weighted by atomic mass is 10.1. The molecule has 0 aliphatic rings. The van der Waals surface area contributed by atoms with E-state index in [1.54, 1.807) is 0 Å². The van der Waals surface area contributed by atoms with Crippen LogP contribution in [0.15, 0.2) is 23.1 Å². The van der Waals surface area contributed by atoms with Crippen molar-refractivity contribution in [3.8, 4) is 0 Å². The first kappa shape index (κ1) is 16.9. The molecule has 0 aliphatic carbocycles. The monoisotopic (exact) mass is 319 g/mol. The number of nitrogens with one attached hydrogen (secondary N) is 1. The molecule has 1 atom stereocenters. The molecule has 0 aromatic heterocycles. The van der Waals surface area contributed by atoms with E-state index in [1.807, 2.05) is 13.8 Å². The quantitative estimate of drug-likeness (QED) is 0.809. The number of aromatic carboxylic acids is 1. The van der Waals surface area contributed by atoms with E-state index in [0.29, 0.717) is 6.42 Å². The molecule has 1 rings (SSSR count). The third-order valence-electron chi connectivity index (χ3n) is 2.93. The molecule has 2 N–H and O–H groups in total. The van der Waals surface area contributed by atoms with E-state index in [4.69, 9.17) is 16.7 Å². The maximum atomic E-state index is 12.2. The molecule has 0 fully saturated rings. The van der Waals surface area contributed by atoms with Gasteiger partial charge in [-0.3, -0.25) is 0 Å². The van der Waals surface area contributed by atoms with Crippen LogP contribution in [0, 0.1) is 0 Å². The maximum absolute atomic E-state index is 12.2. The largest absolute Gasteiger partial charge is 0.478 e. The van der Waals surface area contributed by atoms with Gasteiger partial charge in [0, 0.05) is 6.04 Å². The van der Waals surface area contributed by atoms with Crippen LogP contribution in [0.4, 0.5) is 0 Å². The van der Waals surface area contributed by atoms with Crippen molar-refractivity contribution in [2.45, 2.75) is 44.0 Å². The van der Waals surface area contributed by atoms with Crippen molar-refractivity contribution < 1.29 is 18.3 Å². The Labute approximate surface area is 124 Å². The summed E-state index contributed by atoms with van der Waals surface area (Å²) in [5.74, 6) is -1.26. The van der Waals surface area contributed by atoms with Crippen LogP contribution in [0.3, 0.4) is 0 Å². The van der Waals surface area contributed by atoms with E-state index in [1.165, 1.54) is 12.1 Å². The zero-order chi connectivity index (χ0) is 15.3. The molecule has 0 bridgehead atoms. The molecule has 1 unspecified atom stereocenters. The lowest BCUT2D eigenvalue weighted by molar-refractivity contribution is 0.0697. The smallest absolute Gasteiger partial charge is 0.337 e. The summed E-state index contributed by atoms with van der Waals surface area (Å²) >= 11 is 5.73. The molecule has 0 saturated carbocycles. The predicted molar refractivity (Wildman–Crippen MR) is 77.7 cm³/mol. The highest BCUT2D eigenvalue weighted by Crippen LogP contribution is 2.21. The van der Waals surface area contributed by atoms with Crippen molar-refractivity contribution in [3.63, 3.8) is 0 Å². The molecule has 112 valence electrons. The number of carbonyl (C=O) groups is 1. The van der Waals surface area contributed by atoms with Gasteiger partial charge in [-0.25, -0.2) is 17.9 Å². The van der Waals surface area contributed by atoms with Crippen LogP contribution in [0.1, 0.15) is 43.5 Å². The predicted octanol–water partition coefficient (Wildman–Crippen LogP) is 2.90. The van der Waals surface area contributed by atoms with Crippen molar-refractivity contribution in [3.05, 3.63) is 28.8 Å². The molecule has 0 saturated heterocycles. The summed E-state index contributed by atoms with van der Waals surface area (Å²) in [6.45, 7) is 3.87. The minimum absolute atomic E-state index is 0.0112. The second-order valence-corrected chi connectivity index (χ2v) is 6.58. The number of rotatable bonds is 7. The molecule has 0 heterocycles. The highest BCUT2D eigenvalue weighted by molar-refractivity contribution is 7.89. The highest BCUT2D eigenvalue weighted by Gasteiger charge is 2.21. The molecular formula is C13H18ClNO4S. The van der Waals surface area contributed by atoms with E-state index < -0.39 is 16.0 Å². The highest BCUT2D eigenvalue weighted by atomic mass is 35.5. The van der Waals surface area contributed by atoms with Crippen LogP contribution in [-0.4, -0.2) is 25.5 Å². The number of hydrogen-bond acceptors (Lipinski definition) is 3. The lowest BCUT2D eigenvalue weighted by Gasteiger charge is -2.16. The van der Waals surface area contributed by atoms with Crippen LogP contribution < -0.4 is 4.72 Å². The number of carboxylic acid groups (broad SMARTS) is 1. The normalized spacial score (nSPS) is 13.2. The standard InChI is InChI=1S/C13H18ClNO4S/c1-3-5-9(4-2)15-20(18,19)10-6-7-12(14)11(8-10)13(16)17/h6-9,15H,3-5H2,1-2H3,(H,16,17). The van der Waals surface area contributed by atoms with Crippen molar-refractivity contribution in [2.75, 3.05) is 0 Å². The number of carboxylic acids is 1. The molecule has 5 nitrogen and oxygen atoms in total. The number of halogens is 1. The molecule has 0 spiro atoms. The van der Waals surface area contributed by atoms with Crippen molar-refractivity contribution in [1.29, 1.82) is 0 Å². The second kappa shape index (κ2) is 7.06. The summed E-state index contributed by atoms with van der Waals surface area (Å²) in [5.41, 5.74) is -0.224. The van der Waals surface area contributed by atoms with Gasteiger partial charge < -0.3 is 5.11 Å². The van der Waals surface area contributed by atoms with E-state index in [2.05, 4.69) is 4.72 Å². The fourth-order valence-electron chi connectivity index (χ4n) is 1.82. The molecule has 1 aromatic carbocycles. The Morgan fingerprint density at radius 1 is 1.40 bits per heavy atom. The van der Waals surface area contributed by atoms with Crippen molar-refractivity contribution in [1.82, 2.24) is 4.72 Å². The minimum Gasteiger partial charge on any atom is -0.478 e. The zero-order valence-corrected chi connectivity index (χ0v) is 13.0. The maximum Gasteiger partial charge on any atom is 0.337 e. The van der Waals surface area contributed by atoms with E-state index in [-0.39, 0.29) is 21.5 Å². The van der Waals surface area contributed by atoms with Gasteiger partial charge in [-0.15, -0.1) is 0 Å². The van der Waals surface area contributed by atoms with Crippen LogP contribution in [0.5, 0.6) is 0 Å². The third kappa shape index (κ3) is 4.19. The summed E-state index contributed by atoms with van der Waals surface area (Å²) in [5, 5.41) is 8.98. The van der Waals surface area contributed by atoms with Crippen LogP contribution in [-0.2, 0) is 10.0 Å². The fourth-order valence-corrected chi connectivity index (χ4v) is 3.40. The molecule has 0 amide bonds. The Bertz CT molecular complexity index is 586. The average molecular weight is 320 g/mol. The Morgan fingerprint density at radius 3 is 2.55 bits per heavy atom. The van der Waals surface area contributed by atoms with Crippen molar-refractivity contribution >= 4 is 27.6 Å². The fraction of sp³-hybridized carbons (Fsp3) is 0.462. The SMILES string of the molecule is CCCC(CC)NS(=O)(=O)c1ccc(Cl)c(C(=O)O)c1. The summed E-state index contributed by atoms with van der Waals surface area (Å²) in [6, 6.07) is 3.50. The average Bonchev–Trinajstić information content (AvgIpc) is 2.37. The molecule has 0 aliphatic heterocycles. The van der Waals surface area contributed by atoms with Crippen molar-refractivity contribution in [2.24, 2.45) is 0 Å². The van der Waals surface area contributed by atoms with Gasteiger partial charge in [0.05, 0.1) is 15.5 Å². The molecule has 20 heavy (non-hydrogen) atoms. The second-order valence-electron chi connectivity index (χ2n) is 4.46. The van der Waals surface area contributed by atoms with Gasteiger partial charge in [-0.2, -0.15) is 0 Å². The van der Waals surface area contributed by atoms with E-state index in [9.17, 15) is 13.2 Å². The van der Waals surface area contributed by atoms with Gasteiger partial charge in [-0.05, 0) is 31.0 Å². The molecule has 7 heteroatoms. The van der Waals surface area contributed by atoms with Gasteiger partial charge in [0.2, 0.25) is 10.0 Å². The lowest BCUT2D eigenvalue weighted by Crippen LogP contribution is -2.34. The first-order chi connectivity index (χ1) is 9.31. The molecule has 1 aromatic rings. The number of sulfonamides is 1. The van der Waals surface area contributed by atoms with Gasteiger partial charge in [0.1, 0.15) is 0 Å². The Morgan fingerprint density at radius 2 is 2.05 bits per heavy atom. The third-order valence-corrected chi connectivity index (χ3v) is 4.78. The van der Waals surface area contributed by atoms with Gasteiger partial charge >= 0.3 is 5.97 Å². The van der Waals surface area contributed by atoms with Gasteiger partial charge in [0.15, 0.2) is 0 Å².